The minimum absolute atomic E-state index is 0.00727. The molecule has 2 aromatic rings. The van der Waals surface area contributed by atoms with Crippen molar-refractivity contribution in [3.63, 3.8) is 0 Å². The van der Waals surface area contributed by atoms with Gasteiger partial charge in [0.15, 0.2) is 0 Å². The van der Waals surface area contributed by atoms with E-state index in [4.69, 9.17) is 10.5 Å². The molecule has 5 nitrogen and oxygen atoms in total. The molecule has 0 aliphatic heterocycles. The third kappa shape index (κ3) is 4.44. The van der Waals surface area contributed by atoms with Crippen LogP contribution < -0.4 is 15.2 Å². The highest BCUT2D eigenvalue weighted by Gasteiger charge is 2.13. The molecule has 112 valence electrons. The van der Waals surface area contributed by atoms with Gasteiger partial charge in [0.25, 0.3) is 0 Å². The number of hydrogen-bond donors (Lipinski definition) is 2. The summed E-state index contributed by atoms with van der Waals surface area (Å²) in [6.45, 7) is 0.248. The summed E-state index contributed by atoms with van der Waals surface area (Å²) in [5.74, 6) is 0.0786. The standard InChI is InChI=1S/C14H15FN2O3S/c15-11-4-6-14(7-5-11)21(18,19)17-8-9-20-13-3-1-2-12(16)10-13/h1-7,10,17H,8-9,16H2. The quantitative estimate of drug-likeness (QED) is 0.629. The largest absolute Gasteiger partial charge is 0.492 e. The highest BCUT2D eigenvalue weighted by Crippen LogP contribution is 2.14. The average molecular weight is 310 g/mol. The van der Waals surface area contributed by atoms with Gasteiger partial charge in [-0.15, -0.1) is 0 Å². The molecule has 0 heterocycles. The maximum atomic E-state index is 12.8. The van der Waals surface area contributed by atoms with Crippen LogP contribution in [0.1, 0.15) is 0 Å². The van der Waals surface area contributed by atoms with E-state index in [2.05, 4.69) is 4.72 Å². The second kappa shape index (κ2) is 6.55. The summed E-state index contributed by atoms with van der Waals surface area (Å²) in [5, 5.41) is 0. The second-order valence-electron chi connectivity index (χ2n) is 4.27. The van der Waals surface area contributed by atoms with E-state index in [0.29, 0.717) is 11.4 Å². The lowest BCUT2D eigenvalue weighted by molar-refractivity contribution is 0.323. The lowest BCUT2D eigenvalue weighted by atomic mass is 10.3. The van der Waals surface area contributed by atoms with Gasteiger partial charge in [0, 0.05) is 18.3 Å². The van der Waals surface area contributed by atoms with Crippen LogP contribution in [0.15, 0.2) is 53.4 Å². The Morgan fingerprint density at radius 1 is 1.14 bits per heavy atom. The first kappa shape index (κ1) is 15.3. The molecule has 3 N–H and O–H groups in total. The molecule has 2 aromatic carbocycles. The maximum Gasteiger partial charge on any atom is 0.240 e. The lowest BCUT2D eigenvalue weighted by Gasteiger charge is -2.09. The van der Waals surface area contributed by atoms with Crippen LogP contribution in [-0.2, 0) is 10.0 Å². The number of nitrogens with one attached hydrogen (secondary N) is 1. The van der Waals surface area contributed by atoms with Gasteiger partial charge in [0.05, 0.1) is 4.90 Å². The first-order valence-corrected chi connectivity index (χ1v) is 7.69. The summed E-state index contributed by atoms with van der Waals surface area (Å²) in [7, 11) is -3.66. The van der Waals surface area contributed by atoms with E-state index in [1.165, 1.54) is 12.1 Å². The van der Waals surface area contributed by atoms with E-state index >= 15 is 0 Å². The zero-order valence-electron chi connectivity index (χ0n) is 11.1. The summed E-state index contributed by atoms with van der Waals surface area (Å²) in [6.07, 6.45) is 0. The summed E-state index contributed by atoms with van der Waals surface area (Å²) in [5.41, 5.74) is 6.17. The van der Waals surface area contributed by atoms with Crippen molar-refractivity contribution < 1.29 is 17.5 Å². The minimum atomic E-state index is -3.66. The Morgan fingerprint density at radius 3 is 2.52 bits per heavy atom. The molecule has 0 aliphatic carbocycles. The van der Waals surface area contributed by atoms with Crippen molar-refractivity contribution in [2.75, 3.05) is 18.9 Å². The van der Waals surface area contributed by atoms with Crippen molar-refractivity contribution in [3.8, 4) is 5.75 Å². The SMILES string of the molecule is Nc1cccc(OCCNS(=O)(=O)c2ccc(F)cc2)c1. The van der Waals surface area contributed by atoms with Crippen LogP contribution in [0.3, 0.4) is 0 Å². The zero-order chi connectivity index (χ0) is 15.3. The van der Waals surface area contributed by atoms with E-state index in [1.54, 1.807) is 24.3 Å². The van der Waals surface area contributed by atoms with Gasteiger partial charge in [0.1, 0.15) is 18.2 Å². The van der Waals surface area contributed by atoms with Gasteiger partial charge >= 0.3 is 0 Å². The highest BCUT2D eigenvalue weighted by atomic mass is 32.2. The van der Waals surface area contributed by atoms with E-state index in [9.17, 15) is 12.8 Å². The van der Waals surface area contributed by atoms with Crippen LogP contribution in [0.25, 0.3) is 0 Å². The molecule has 0 bridgehead atoms. The molecule has 0 saturated heterocycles. The van der Waals surface area contributed by atoms with Crippen molar-refractivity contribution in [3.05, 3.63) is 54.3 Å². The fourth-order valence-corrected chi connectivity index (χ4v) is 2.66. The lowest BCUT2D eigenvalue weighted by Crippen LogP contribution is -2.28. The number of ether oxygens (including phenoxy) is 1. The number of rotatable bonds is 6. The molecule has 0 spiro atoms. The molecule has 0 amide bonds. The first-order valence-electron chi connectivity index (χ1n) is 6.21. The Balaban J connectivity index is 1.86. The summed E-state index contributed by atoms with van der Waals surface area (Å²) < 4.78 is 44.3. The monoisotopic (exact) mass is 310 g/mol. The Morgan fingerprint density at radius 2 is 1.86 bits per heavy atom. The van der Waals surface area contributed by atoms with Crippen molar-refractivity contribution in [2.24, 2.45) is 0 Å². The van der Waals surface area contributed by atoms with Crippen LogP contribution in [0, 0.1) is 5.82 Å². The number of sulfonamides is 1. The molecule has 0 atom stereocenters. The average Bonchev–Trinajstić information content (AvgIpc) is 2.44. The summed E-state index contributed by atoms with van der Waals surface area (Å²) in [6, 6.07) is 11.4. The smallest absolute Gasteiger partial charge is 0.240 e. The molecule has 0 aliphatic rings. The van der Waals surface area contributed by atoms with Gasteiger partial charge in [-0.05, 0) is 36.4 Å². The second-order valence-corrected chi connectivity index (χ2v) is 6.04. The Hall–Kier alpha value is -2.12. The minimum Gasteiger partial charge on any atom is -0.492 e. The molecule has 21 heavy (non-hydrogen) atoms. The fourth-order valence-electron chi connectivity index (χ4n) is 1.65. The number of hydrogen-bond acceptors (Lipinski definition) is 4. The van der Waals surface area contributed by atoms with Crippen LogP contribution in [0.4, 0.5) is 10.1 Å². The number of nitrogens with two attached hydrogens (primary N) is 1. The van der Waals surface area contributed by atoms with Gasteiger partial charge in [-0.2, -0.15) is 0 Å². The molecule has 0 aromatic heterocycles. The predicted molar refractivity (Wildman–Crippen MR) is 77.9 cm³/mol. The molecule has 7 heteroatoms. The van der Waals surface area contributed by atoms with Crippen molar-refractivity contribution in [1.82, 2.24) is 4.72 Å². The van der Waals surface area contributed by atoms with Gasteiger partial charge in [-0.1, -0.05) is 6.07 Å². The van der Waals surface area contributed by atoms with Crippen LogP contribution in [0.2, 0.25) is 0 Å². The summed E-state index contributed by atoms with van der Waals surface area (Å²) in [4.78, 5) is 0.00727. The van der Waals surface area contributed by atoms with E-state index in [-0.39, 0.29) is 18.0 Å². The first-order chi connectivity index (χ1) is 9.97. The topological polar surface area (TPSA) is 81.4 Å². The molecule has 0 unspecified atom stereocenters. The molecule has 0 saturated carbocycles. The molecular formula is C14H15FN2O3S. The summed E-state index contributed by atoms with van der Waals surface area (Å²) >= 11 is 0. The third-order valence-corrected chi connectivity index (χ3v) is 4.12. The van der Waals surface area contributed by atoms with Crippen molar-refractivity contribution in [1.29, 1.82) is 0 Å². The van der Waals surface area contributed by atoms with Gasteiger partial charge in [-0.3, -0.25) is 0 Å². The van der Waals surface area contributed by atoms with E-state index < -0.39 is 15.8 Å². The molecule has 0 fully saturated rings. The van der Waals surface area contributed by atoms with Crippen LogP contribution in [-0.4, -0.2) is 21.6 Å². The van der Waals surface area contributed by atoms with E-state index in [1.807, 2.05) is 0 Å². The number of halogens is 1. The zero-order valence-corrected chi connectivity index (χ0v) is 11.9. The van der Waals surface area contributed by atoms with Crippen molar-refractivity contribution in [2.45, 2.75) is 4.90 Å². The normalized spacial score (nSPS) is 11.3. The number of anilines is 1. The van der Waals surface area contributed by atoms with Gasteiger partial charge < -0.3 is 10.5 Å². The maximum absolute atomic E-state index is 12.8. The molecule has 2 rings (SSSR count). The fraction of sp³-hybridized carbons (Fsp3) is 0.143. The van der Waals surface area contributed by atoms with Gasteiger partial charge in [0.2, 0.25) is 10.0 Å². The van der Waals surface area contributed by atoms with E-state index in [0.717, 1.165) is 12.1 Å². The third-order valence-electron chi connectivity index (χ3n) is 2.64. The van der Waals surface area contributed by atoms with Gasteiger partial charge in [-0.25, -0.2) is 17.5 Å². The Labute approximate surface area is 122 Å². The molecular weight excluding hydrogens is 295 g/mol. The Kier molecular flexibility index (Phi) is 4.77. The van der Waals surface area contributed by atoms with Crippen LogP contribution in [0.5, 0.6) is 5.75 Å². The predicted octanol–water partition coefficient (Wildman–Crippen LogP) is 1.77. The van der Waals surface area contributed by atoms with Crippen LogP contribution >= 0.6 is 0 Å². The number of nitrogen functional groups attached to an aromatic ring is 1. The number of benzene rings is 2. The Bertz CT molecular complexity index is 702. The highest BCUT2D eigenvalue weighted by molar-refractivity contribution is 7.89. The van der Waals surface area contributed by atoms with Crippen molar-refractivity contribution >= 4 is 15.7 Å². The molecule has 0 radical (unpaired) electrons.